The van der Waals surface area contributed by atoms with Gasteiger partial charge in [0.2, 0.25) is 5.91 Å². The molecule has 0 saturated carbocycles. The summed E-state index contributed by atoms with van der Waals surface area (Å²) in [4.78, 5) is 24.3. The topological polar surface area (TPSA) is 88.1 Å². The molecule has 0 aliphatic carbocycles. The van der Waals surface area contributed by atoms with Crippen LogP contribution in [0.1, 0.15) is 20.3 Å². The molecule has 0 radical (unpaired) electrons. The highest BCUT2D eigenvalue weighted by molar-refractivity contribution is 5.77. The van der Waals surface area contributed by atoms with E-state index in [1.165, 1.54) is 0 Å². The minimum Gasteiger partial charge on any atom is -0.480 e. The zero-order chi connectivity index (χ0) is 15.7. The Morgan fingerprint density at radius 3 is 2.52 bits per heavy atom. The van der Waals surface area contributed by atoms with Gasteiger partial charge in [-0.3, -0.25) is 9.69 Å². The maximum absolute atomic E-state index is 11.6. The molecular formula is C14H26N2O5. The molecule has 0 bridgehead atoms. The van der Waals surface area contributed by atoms with Crippen molar-refractivity contribution < 1.29 is 24.2 Å². The normalized spacial score (nSPS) is 17.7. The van der Waals surface area contributed by atoms with Crippen LogP contribution in [0, 0.1) is 5.92 Å². The predicted octanol–water partition coefficient (Wildman–Crippen LogP) is -0.0493. The van der Waals surface area contributed by atoms with Gasteiger partial charge in [-0.05, 0) is 12.3 Å². The fourth-order valence-electron chi connectivity index (χ4n) is 2.36. The van der Waals surface area contributed by atoms with Gasteiger partial charge in [0.25, 0.3) is 0 Å². The number of carboxylic acid groups (broad SMARTS) is 1. The zero-order valence-electron chi connectivity index (χ0n) is 12.8. The third-order valence-corrected chi connectivity index (χ3v) is 3.30. The van der Waals surface area contributed by atoms with E-state index in [4.69, 9.17) is 14.6 Å². The molecule has 1 fully saturated rings. The highest BCUT2D eigenvalue weighted by Crippen LogP contribution is 2.12. The second-order valence-electron chi connectivity index (χ2n) is 5.62. The molecule has 0 aromatic carbocycles. The van der Waals surface area contributed by atoms with Crippen molar-refractivity contribution in [2.24, 2.45) is 5.92 Å². The first kappa shape index (κ1) is 17.9. The van der Waals surface area contributed by atoms with Gasteiger partial charge >= 0.3 is 5.97 Å². The molecule has 1 saturated heterocycles. The van der Waals surface area contributed by atoms with Gasteiger partial charge in [-0.25, -0.2) is 4.79 Å². The van der Waals surface area contributed by atoms with E-state index >= 15 is 0 Å². The molecule has 0 aromatic heterocycles. The zero-order valence-corrected chi connectivity index (χ0v) is 12.8. The number of carbonyl (C=O) groups excluding carboxylic acids is 1. The van der Waals surface area contributed by atoms with E-state index in [0.717, 1.165) is 32.7 Å². The molecule has 21 heavy (non-hydrogen) atoms. The van der Waals surface area contributed by atoms with Crippen molar-refractivity contribution in [3.63, 3.8) is 0 Å². The summed E-state index contributed by atoms with van der Waals surface area (Å²) in [5.74, 6) is -0.815. The van der Waals surface area contributed by atoms with Crippen LogP contribution in [-0.4, -0.2) is 74.0 Å². The molecule has 1 unspecified atom stereocenters. The van der Waals surface area contributed by atoms with Gasteiger partial charge in [-0.15, -0.1) is 0 Å². The molecular weight excluding hydrogens is 276 g/mol. The van der Waals surface area contributed by atoms with Crippen molar-refractivity contribution in [2.45, 2.75) is 26.3 Å². The average molecular weight is 302 g/mol. The second kappa shape index (κ2) is 9.70. The number of hydrogen-bond acceptors (Lipinski definition) is 5. The third kappa shape index (κ3) is 7.99. The first-order valence-electron chi connectivity index (χ1n) is 7.37. The number of aliphatic carboxylic acids is 1. The predicted molar refractivity (Wildman–Crippen MR) is 77.1 cm³/mol. The summed E-state index contributed by atoms with van der Waals surface area (Å²) >= 11 is 0. The van der Waals surface area contributed by atoms with Crippen molar-refractivity contribution in [3.05, 3.63) is 0 Å². The Hall–Kier alpha value is -1.18. The van der Waals surface area contributed by atoms with Crippen molar-refractivity contribution in [1.29, 1.82) is 0 Å². The molecule has 1 atom stereocenters. The summed E-state index contributed by atoms with van der Waals surface area (Å²) < 4.78 is 10.1. The summed E-state index contributed by atoms with van der Waals surface area (Å²) in [5.41, 5.74) is 0. The molecule has 122 valence electrons. The molecule has 1 amide bonds. The Labute approximate surface area is 125 Å². The Morgan fingerprint density at radius 2 is 1.95 bits per heavy atom. The summed E-state index contributed by atoms with van der Waals surface area (Å²) in [6, 6.07) is 0.275. The molecule has 7 nitrogen and oxygen atoms in total. The van der Waals surface area contributed by atoms with Crippen LogP contribution in [0.2, 0.25) is 0 Å². The molecule has 1 rings (SSSR count). The summed E-state index contributed by atoms with van der Waals surface area (Å²) in [5, 5.41) is 11.3. The van der Waals surface area contributed by atoms with Gasteiger partial charge in [0.1, 0.15) is 13.2 Å². The van der Waals surface area contributed by atoms with E-state index in [-0.39, 0.29) is 18.6 Å². The molecule has 1 heterocycles. The van der Waals surface area contributed by atoms with Crippen LogP contribution in [0.4, 0.5) is 0 Å². The summed E-state index contributed by atoms with van der Waals surface area (Å²) in [6.07, 6.45) is 0.996. The molecule has 1 aliphatic heterocycles. The SMILES string of the molecule is CC(C)CC(CNC(=O)COCC(=O)O)N1CCOCC1. The maximum atomic E-state index is 11.6. The number of carboxylic acids is 1. The van der Waals surface area contributed by atoms with Gasteiger partial charge in [0, 0.05) is 25.7 Å². The van der Waals surface area contributed by atoms with Gasteiger partial charge in [-0.1, -0.05) is 13.8 Å². The quantitative estimate of drug-likeness (QED) is 0.621. The fraction of sp³-hybridized carbons (Fsp3) is 0.857. The number of morpholine rings is 1. The fourth-order valence-corrected chi connectivity index (χ4v) is 2.36. The van der Waals surface area contributed by atoms with Gasteiger partial charge in [0.05, 0.1) is 13.2 Å². The van der Waals surface area contributed by atoms with Crippen LogP contribution < -0.4 is 5.32 Å². The van der Waals surface area contributed by atoms with E-state index in [9.17, 15) is 9.59 Å². The van der Waals surface area contributed by atoms with Gasteiger partial charge < -0.3 is 19.9 Å². The van der Waals surface area contributed by atoms with Gasteiger partial charge in [0.15, 0.2) is 0 Å². The van der Waals surface area contributed by atoms with Crippen LogP contribution in [0.3, 0.4) is 0 Å². The Bertz CT molecular complexity index is 329. The van der Waals surface area contributed by atoms with E-state index < -0.39 is 12.6 Å². The number of rotatable bonds is 9. The van der Waals surface area contributed by atoms with Crippen LogP contribution in [0.25, 0.3) is 0 Å². The lowest BCUT2D eigenvalue weighted by molar-refractivity contribution is -0.143. The first-order chi connectivity index (χ1) is 9.99. The van der Waals surface area contributed by atoms with E-state index in [1.54, 1.807) is 0 Å². The highest BCUT2D eigenvalue weighted by atomic mass is 16.5. The lowest BCUT2D eigenvalue weighted by atomic mass is 10.0. The van der Waals surface area contributed by atoms with Crippen LogP contribution >= 0.6 is 0 Å². The number of nitrogens with one attached hydrogen (secondary N) is 1. The van der Waals surface area contributed by atoms with E-state index in [1.807, 2.05) is 0 Å². The lowest BCUT2D eigenvalue weighted by Gasteiger charge is -2.35. The smallest absolute Gasteiger partial charge is 0.329 e. The Balaban J connectivity index is 2.34. The van der Waals surface area contributed by atoms with Crippen LogP contribution in [0.15, 0.2) is 0 Å². The number of nitrogens with zero attached hydrogens (tertiary/aromatic N) is 1. The number of ether oxygens (including phenoxy) is 2. The molecule has 0 spiro atoms. The minimum absolute atomic E-state index is 0.218. The minimum atomic E-state index is -1.08. The third-order valence-electron chi connectivity index (χ3n) is 3.30. The van der Waals surface area contributed by atoms with Crippen molar-refractivity contribution in [2.75, 3.05) is 46.1 Å². The maximum Gasteiger partial charge on any atom is 0.329 e. The van der Waals surface area contributed by atoms with Crippen molar-refractivity contribution in [3.8, 4) is 0 Å². The number of carbonyl (C=O) groups is 2. The summed E-state index contributed by atoms with van der Waals surface area (Å²) in [7, 11) is 0. The summed E-state index contributed by atoms with van der Waals surface area (Å²) in [6.45, 7) is 7.40. The van der Waals surface area contributed by atoms with Crippen molar-refractivity contribution in [1.82, 2.24) is 10.2 Å². The van der Waals surface area contributed by atoms with E-state index in [0.29, 0.717) is 12.5 Å². The monoisotopic (exact) mass is 302 g/mol. The van der Waals surface area contributed by atoms with E-state index in [2.05, 4.69) is 24.1 Å². The first-order valence-corrected chi connectivity index (χ1v) is 7.37. The molecule has 1 aliphatic rings. The molecule has 7 heteroatoms. The lowest BCUT2D eigenvalue weighted by Crippen LogP contribution is -2.49. The molecule has 0 aromatic rings. The highest BCUT2D eigenvalue weighted by Gasteiger charge is 2.22. The van der Waals surface area contributed by atoms with Gasteiger partial charge in [-0.2, -0.15) is 0 Å². The Morgan fingerprint density at radius 1 is 1.29 bits per heavy atom. The van der Waals surface area contributed by atoms with Crippen LogP contribution in [0.5, 0.6) is 0 Å². The second-order valence-corrected chi connectivity index (χ2v) is 5.62. The molecule has 2 N–H and O–H groups in total. The number of amides is 1. The standard InChI is InChI=1S/C14H26N2O5/c1-11(2)7-12(16-3-5-20-6-4-16)8-15-13(17)9-21-10-14(18)19/h11-12H,3-10H2,1-2H3,(H,15,17)(H,18,19). The van der Waals surface area contributed by atoms with Crippen molar-refractivity contribution >= 4 is 11.9 Å². The average Bonchev–Trinajstić information content (AvgIpc) is 2.43. The number of hydrogen-bond donors (Lipinski definition) is 2. The van der Waals surface area contributed by atoms with Crippen LogP contribution in [-0.2, 0) is 19.1 Å². The largest absolute Gasteiger partial charge is 0.480 e. The Kier molecular flexibility index (Phi) is 8.26.